The van der Waals surface area contributed by atoms with E-state index in [0.29, 0.717) is 83.8 Å². The van der Waals surface area contributed by atoms with Gasteiger partial charge in [-0.3, -0.25) is 34.2 Å². The number of ether oxygens (including phenoxy) is 1. The van der Waals surface area contributed by atoms with Crippen LogP contribution in [0.25, 0.3) is 11.0 Å². The molecule has 3 aliphatic heterocycles. The van der Waals surface area contributed by atoms with Crippen LogP contribution in [0.4, 0.5) is 11.5 Å². The molecule has 15 nitrogen and oxygen atoms in total. The van der Waals surface area contributed by atoms with Crippen LogP contribution < -0.4 is 20.3 Å². The lowest BCUT2D eigenvalue weighted by Crippen LogP contribution is -2.46. The number of imide groups is 1. The minimum atomic E-state index is -0.674. The molecular weight excluding hydrogens is 846 g/mol. The minimum absolute atomic E-state index is 0.0349. The zero-order chi connectivity index (χ0) is 45.3. The molecule has 3 aliphatic rings. The van der Waals surface area contributed by atoms with Gasteiger partial charge in [0.15, 0.2) is 5.78 Å². The number of amides is 4. The number of benzene rings is 3. The van der Waals surface area contributed by atoms with Crippen molar-refractivity contribution in [2.45, 2.75) is 83.3 Å². The largest absolute Gasteiger partial charge is 0.457 e. The summed E-state index contributed by atoms with van der Waals surface area (Å²) in [6.07, 6.45) is 10.9. The van der Waals surface area contributed by atoms with Gasteiger partial charge in [-0.15, -0.1) is 0 Å². The van der Waals surface area contributed by atoms with Gasteiger partial charge in [0.05, 0.1) is 16.0 Å². The monoisotopic (exact) mass is 901 g/mol. The van der Waals surface area contributed by atoms with Crippen LogP contribution in [0, 0.1) is 0 Å². The Morgan fingerprint density at radius 1 is 0.938 bits per heavy atom. The van der Waals surface area contributed by atoms with E-state index in [1.54, 1.807) is 29.3 Å². The van der Waals surface area contributed by atoms with E-state index in [4.69, 9.17) is 16.3 Å². The number of anilines is 2. The van der Waals surface area contributed by atoms with E-state index in [9.17, 15) is 24.0 Å². The Hall–Kier alpha value is -6.32. The van der Waals surface area contributed by atoms with Crippen LogP contribution >= 0.6 is 11.6 Å². The summed E-state index contributed by atoms with van der Waals surface area (Å²) >= 11 is 6.64. The summed E-state index contributed by atoms with van der Waals surface area (Å²) < 4.78 is 5.90. The topological polar surface area (TPSA) is 173 Å². The van der Waals surface area contributed by atoms with E-state index in [1.165, 1.54) is 6.33 Å². The second-order valence-electron chi connectivity index (χ2n) is 17.1. The summed E-state index contributed by atoms with van der Waals surface area (Å²) in [7, 11) is 0. The maximum Gasteiger partial charge on any atom is 0.255 e. The molecule has 3 aromatic carbocycles. The van der Waals surface area contributed by atoms with E-state index in [0.717, 1.165) is 89.0 Å². The molecule has 0 radical (unpaired) electrons. The highest BCUT2D eigenvalue weighted by Gasteiger charge is 2.36. The summed E-state index contributed by atoms with van der Waals surface area (Å²) in [5.74, 6) is 1.01. The van der Waals surface area contributed by atoms with Crippen molar-refractivity contribution in [1.29, 1.82) is 0 Å². The molecule has 2 fully saturated rings. The van der Waals surface area contributed by atoms with Crippen LogP contribution in [-0.4, -0.2) is 117 Å². The van der Waals surface area contributed by atoms with Crippen molar-refractivity contribution in [2.24, 2.45) is 0 Å². The molecule has 2 unspecified atom stereocenters. The van der Waals surface area contributed by atoms with Crippen LogP contribution in [0.3, 0.4) is 0 Å². The van der Waals surface area contributed by atoms with Crippen molar-refractivity contribution in [3.63, 3.8) is 0 Å². The van der Waals surface area contributed by atoms with Crippen LogP contribution in [-0.2, 0) is 20.9 Å². The van der Waals surface area contributed by atoms with Crippen molar-refractivity contribution in [2.75, 3.05) is 56.0 Å². The molecule has 0 spiro atoms. The zero-order valence-corrected chi connectivity index (χ0v) is 37.5. The fourth-order valence-corrected chi connectivity index (χ4v) is 9.52. The SMILES string of the molecule is CCCC(C(=O)NC=O)N1Cc2cc(N3CCN(CCCCCCC(=O)N4CCCC(Nc5ncnc6[nH]cc(C(=O)c7ccc(Oc8ccccc8)cc7Cl)c56)C4)CC3)ccc2C1=O. The second kappa shape index (κ2) is 21.1. The van der Waals surface area contributed by atoms with Crippen molar-refractivity contribution in [3.05, 3.63) is 107 Å². The van der Waals surface area contributed by atoms with Gasteiger partial charge in [0.1, 0.15) is 35.3 Å². The lowest BCUT2D eigenvalue weighted by molar-refractivity contribution is -0.132. The van der Waals surface area contributed by atoms with Gasteiger partial charge in [0.25, 0.3) is 5.91 Å². The van der Waals surface area contributed by atoms with E-state index in [1.807, 2.05) is 54.3 Å². The molecule has 16 heteroatoms. The third-order valence-corrected chi connectivity index (χ3v) is 13.0. The van der Waals surface area contributed by atoms with Gasteiger partial charge in [0.2, 0.25) is 18.2 Å². The van der Waals surface area contributed by atoms with Gasteiger partial charge in [-0.2, -0.15) is 0 Å². The number of unbranched alkanes of at least 4 members (excludes halogenated alkanes) is 3. The van der Waals surface area contributed by atoms with Crippen LogP contribution in [0.15, 0.2) is 79.3 Å². The smallest absolute Gasteiger partial charge is 0.255 e. The fourth-order valence-electron chi connectivity index (χ4n) is 9.27. The first-order valence-electron chi connectivity index (χ1n) is 22.8. The predicted octanol–water partition coefficient (Wildman–Crippen LogP) is 7.21. The number of para-hydroxylation sites is 1. The molecule has 5 heterocycles. The van der Waals surface area contributed by atoms with Crippen LogP contribution in [0.2, 0.25) is 5.02 Å². The maximum atomic E-state index is 13.9. The van der Waals surface area contributed by atoms with Crippen LogP contribution in [0.1, 0.15) is 96.6 Å². The first-order chi connectivity index (χ1) is 31.7. The number of carbonyl (C=O) groups excluding carboxylic acids is 5. The number of piperazine rings is 1. The molecule has 8 rings (SSSR count). The Bertz CT molecular complexity index is 2510. The Labute approximate surface area is 383 Å². The first-order valence-corrected chi connectivity index (χ1v) is 23.2. The van der Waals surface area contributed by atoms with Gasteiger partial charge < -0.3 is 29.7 Å². The van der Waals surface area contributed by atoms with Gasteiger partial charge in [0, 0.05) is 87.4 Å². The van der Waals surface area contributed by atoms with E-state index >= 15 is 0 Å². The molecule has 2 aromatic heterocycles. The normalized spacial score (nSPS) is 16.9. The summed E-state index contributed by atoms with van der Waals surface area (Å²) in [5.41, 5.74) is 3.88. The van der Waals surface area contributed by atoms with Gasteiger partial charge >= 0.3 is 0 Å². The van der Waals surface area contributed by atoms with Gasteiger partial charge in [-0.25, -0.2) is 9.97 Å². The average Bonchev–Trinajstić information content (AvgIpc) is 3.91. The molecule has 0 saturated carbocycles. The molecule has 65 heavy (non-hydrogen) atoms. The van der Waals surface area contributed by atoms with Crippen molar-refractivity contribution >= 4 is 64.1 Å². The number of fused-ring (bicyclic) bond motifs is 2. The van der Waals surface area contributed by atoms with Crippen molar-refractivity contribution < 1.29 is 28.7 Å². The molecule has 5 aromatic rings. The van der Waals surface area contributed by atoms with E-state index in [2.05, 4.69) is 41.5 Å². The number of aromatic amines is 1. The van der Waals surface area contributed by atoms with Gasteiger partial charge in [-0.05, 0) is 86.7 Å². The number of H-pyrrole nitrogens is 1. The number of nitrogens with one attached hydrogen (secondary N) is 3. The zero-order valence-electron chi connectivity index (χ0n) is 36.8. The number of rotatable bonds is 19. The molecule has 340 valence electrons. The van der Waals surface area contributed by atoms with Gasteiger partial charge in [-0.1, -0.05) is 56.0 Å². The summed E-state index contributed by atoms with van der Waals surface area (Å²) in [6, 6.07) is 19.6. The first kappa shape index (κ1) is 45.3. The minimum Gasteiger partial charge on any atom is -0.457 e. The number of likely N-dealkylation sites (tertiary alicyclic amines) is 1. The van der Waals surface area contributed by atoms with Crippen LogP contribution in [0.5, 0.6) is 11.5 Å². The van der Waals surface area contributed by atoms with E-state index in [-0.39, 0.29) is 28.7 Å². The Balaban J connectivity index is 0.759. The van der Waals surface area contributed by atoms with Crippen molar-refractivity contribution in [1.82, 2.24) is 35.0 Å². The highest BCUT2D eigenvalue weighted by Crippen LogP contribution is 2.33. The number of piperidine rings is 1. The fraction of sp³-hybridized carbons (Fsp3) is 0.408. The second-order valence-corrected chi connectivity index (χ2v) is 17.5. The number of carbonyl (C=O) groups is 5. The molecule has 0 bridgehead atoms. The third-order valence-electron chi connectivity index (χ3n) is 12.7. The maximum absolute atomic E-state index is 13.9. The third kappa shape index (κ3) is 10.6. The molecule has 2 atom stereocenters. The standard InChI is InChI=1S/C49H56ClN9O6/c1-2-11-42(48(63)54-32-60)59-29-33-26-35(16-18-38(33)49(59)64)57-24-22-56(23-25-57)20-9-4-3-8-15-43(61)58-21-10-12-34(30-58)55-47-44-40(28-51-46(44)52-31-53-47)45(62)39-19-17-37(27-41(39)50)65-36-13-6-5-7-14-36/h5-7,13-14,16-19,26-28,31-32,34,42H,2-4,8-12,15,20-25,29-30H2,1H3,(H,54,60,63)(H2,51,52,53,55). The summed E-state index contributed by atoms with van der Waals surface area (Å²) in [6.45, 7) is 8.28. The molecular formula is C49H56ClN9O6. The summed E-state index contributed by atoms with van der Waals surface area (Å²) in [5, 5.41) is 6.61. The lowest BCUT2D eigenvalue weighted by Gasteiger charge is -2.36. The predicted molar refractivity (Wildman–Crippen MR) is 249 cm³/mol. The number of hydrogen-bond donors (Lipinski definition) is 3. The highest BCUT2D eigenvalue weighted by atomic mass is 35.5. The molecule has 0 aliphatic carbocycles. The molecule has 4 amide bonds. The number of aromatic nitrogens is 3. The Morgan fingerprint density at radius 2 is 1.75 bits per heavy atom. The lowest BCUT2D eigenvalue weighted by atomic mass is 10.0. The van der Waals surface area contributed by atoms with Crippen molar-refractivity contribution in [3.8, 4) is 11.5 Å². The number of halogens is 1. The number of ketones is 1. The molecule has 3 N–H and O–H groups in total. The average molecular weight is 902 g/mol. The van der Waals surface area contributed by atoms with E-state index < -0.39 is 11.9 Å². The number of hydrogen-bond acceptors (Lipinski definition) is 11. The Kier molecular flexibility index (Phi) is 14.7. The summed E-state index contributed by atoms with van der Waals surface area (Å²) in [4.78, 5) is 84.4. The number of nitrogens with zero attached hydrogens (tertiary/aromatic N) is 6. The quantitative estimate of drug-likeness (QED) is 0.0435. The molecule has 2 saturated heterocycles. The Morgan fingerprint density at radius 3 is 2.54 bits per heavy atom. The highest BCUT2D eigenvalue weighted by molar-refractivity contribution is 6.35.